The lowest BCUT2D eigenvalue weighted by molar-refractivity contribution is -0.113. The fourth-order valence-electron chi connectivity index (χ4n) is 1.28. The van der Waals surface area contributed by atoms with Gasteiger partial charge in [-0.25, -0.2) is 0 Å². The van der Waals surface area contributed by atoms with Crippen LogP contribution in [-0.4, -0.2) is 21.9 Å². The van der Waals surface area contributed by atoms with E-state index < -0.39 is 16.1 Å². The summed E-state index contributed by atoms with van der Waals surface area (Å²) >= 11 is 0. The monoisotopic (exact) mass is 214 g/mol. The summed E-state index contributed by atoms with van der Waals surface area (Å²) in [6.07, 6.45) is 0. The van der Waals surface area contributed by atoms with Gasteiger partial charge in [-0.1, -0.05) is 45.0 Å². The largest absolute Gasteiger partial charge is 0.295 e. The van der Waals surface area contributed by atoms with E-state index in [0.717, 1.165) is 5.20 Å². The van der Waals surface area contributed by atoms with E-state index in [0.29, 0.717) is 0 Å². The summed E-state index contributed by atoms with van der Waals surface area (Å²) in [5.41, 5.74) is 2.28. The molecule has 0 saturated heterocycles. The minimum atomic E-state index is -1.41. The van der Waals surface area contributed by atoms with Gasteiger partial charge in [-0.3, -0.25) is 4.79 Å². The van der Waals surface area contributed by atoms with Crippen LogP contribution in [0.25, 0.3) is 0 Å². The van der Waals surface area contributed by atoms with Crippen molar-refractivity contribution in [1.29, 1.82) is 0 Å². The van der Waals surface area contributed by atoms with Crippen LogP contribution in [-0.2, 0) is 4.79 Å². The minimum Gasteiger partial charge on any atom is -0.295 e. The number of allylic oxidation sites excluding steroid dienone is 1. The maximum Gasteiger partial charge on any atom is 0.151 e. The quantitative estimate of drug-likeness (QED) is 0.521. The van der Waals surface area contributed by atoms with E-state index in [1.54, 1.807) is 6.92 Å². The van der Waals surface area contributed by atoms with E-state index in [1.165, 1.54) is 0 Å². The van der Waals surface area contributed by atoms with E-state index in [2.05, 4.69) is 45.0 Å². The van der Waals surface area contributed by atoms with Crippen LogP contribution in [0.15, 0.2) is 10.9 Å². The molecule has 76 valence electrons. The molecular weight excluding hydrogens is 192 g/mol. The van der Waals surface area contributed by atoms with E-state index >= 15 is 0 Å². The number of hydrogen-bond acceptors (Lipinski definition) is 1. The van der Waals surface area contributed by atoms with Gasteiger partial charge in [0, 0.05) is 0 Å². The first kappa shape index (κ1) is 12.8. The van der Waals surface area contributed by atoms with Crippen LogP contribution >= 0.6 is 0 Å². The van der Waals surface area contributed by atoms with Crippen LogP contribution in [0.5, 0.6) is 0 Å². The molecule has 0 amide bonds. The number of carbonyl (C=O) groups is 1. The Balaban J connectivity index is 5.06. The fraction of sp³-hybridized carbons (Fsp3) is 0.700. The maximum atomic E-state index is 11.5. The molecule has 0 bridgehead atoms. The molecule has 0 spiro atoms. The zero-order valence-corrected chi connectivity index (χ0v) is 12.0. The molecule has 1 nitrogen and oxygen atoms in total. The number of Topliss-reactive ketones (excluding diaryl/α,β-unsaturated/α-hetero) is 1. The smallest absolute Gasteiger partial charge is 0.151 e. The van der Waals surface area contributed by atoms with Gasteiger partial charge in [0.05, 0.1) is 16.1 Å². The van der Waals surface area contributed by atoms with Crippen molar-refractivity contribution in [2.75, 3.05) is 0 Å². The van der Waals surface area contributed by atoms with Crippen molar-refractivity contribution >= 4 is 21.9 Å². The molecule has 0 unspecified atom stereocenters. The van der Waals surface area contributed by atoms with E-state index in [1.807, 2.05) is 0 Å². The molecule has 0 aliphatic rings. The Bertz CT molecular complexity index is 228. The normalized spacial score (nSPS) is 14.5. The van der Waals surface area contributed by atoms with E-state index in [-0.39, 0.29) is 5.78 Å². The lowest BCUT2D eigenvalue weighted by Crippen LogP contribution is -2.32. The molecular formula is C10H22OSi2. The van der Waals surface area contributed by atoms with Crippen molar-refractivity contribution in [3.8, 4) is 0 Å². The minimum absolute atomic E-state index is 0.279. The first-order chi connectivity index (χ1) is 5.54. The highest BCUT2D eigenvalue weighted by atomic mass is 28.3. The van der Waals surface area contributed by atoms with Gasteiger partial charge in [-0.05, 0) is 12.1 Å². The molecule has 0 aliphatic carbocycles. The lowest BCUT2D eigenvalue weighted by atomic mass is 10.4. The first-order valence-electron chi connectivity index (χ1n) is 4.78. The van der Waals surface area contributed by atoms with Gasteiger partial charge >= 0.3 is 0 Å². The predicted molar refractivity (Wildman–Crippen MR) is 65.5 cm³/mol. The van der Waals surface area contributed by atoms with Crippen LogP contribution < -0.4 is 0 Å². The molecule has 0 atom stereocenters. The molecule has 0 aliphatic heterocycles. The zero-order chi connectivity index (χ0) is 10.9. The second-order valence-corrected chi connectivity index (χ2v) is 15.8. The maximum absolute atomic E-state index is 11.5. The Morgan fingerprint density at radius 3 is 1.46 bits per heavy atom. The standard InChI is InChI=1S/C10H22OSi2/c1-9(11)10(13(5,6)7)8-12(2,3)4/h8H,1-7H3/b10-8+. The van der Waals surface area contributed by atoms with Crippen molar-refractivity contribution in [2.45, 2.75) is 46.2 Å². The molecule has 0 heterocycles. The number of hydrogen-bond donors (Lipinski definition) is 0. The molecule has 0 aromatic heterocycles. The number of carbonyl (C=O) groups excluding carboxylic acids is 1. The Morgan fingerprint density at radius 1 is 1.00 bits per heavy atom. The van der Waals surface area contributed by atoms with Gasteiger partial charge < -0.3 is 0 Å². The topological polar surface area (TPSA) is 17.1 Å². The molecule has 0 saturated carbocycles. The van der Waals surface area contributed by atoms with Gasteiger partial charge in [0.15, 0.2) is 5.78 Å². The molecule has 0 N–H and O–H groups in total. The van der Waals surface area contributed by atoms with Crippen LogP contribution in [0.2, 0.25) is 39.3 Å². The van der Waals surface area contributed by atoms with Crippen molar-refractivity contribution in [3.05, 3.63) is 10.9 Å². The highest BCUT2D eigenvalue weighted by molar-refractivity contribution is 6.91. The Labute approximate surface area is 84.3 Å². The van der Waals surface area contributed by atoms with Crippen LogP contribution in [0.3, 0.4) is 0 Å². The number of ketones is 1. The highest BCUT2D eigenvalue weighted by Crippen LogP contribution is 2.18. The molecule has 0 fully saturated rings. The van der Waals surface area contributed by atoms with Gasteiger partial charge in [0.2, 0.25) is 0 Å². The fourth-order valence-corrected chi connectivity index (χ4v) is 6.44. The van der Waals surface area contributed by atoms with Crippen molar-refractivity contribution in [3.63, 3.8) is 0 Å². The van der Waals surface area contributed by atoms with Crippen LogP contribution in [0.4, 0.5) is 0 Å². The average Bonchev–Trinajstić information content (AvgIpc) is 1.77. The molecule has 0 radical (unpaired) electrons. The van der Waals surface area contributed by atoms with Crippen LogP contribution in [0, 0.1) is 0 Å². The number of rotatable bonds is 3. The molecule has 0 rings (SSSR count). The third-order valence-electron chi connectivity index (χ3n) is 1.76. The van der Waals surface area contributed by atoms with Gasteiger partial charge in [0.1, 0.15) is 0 Å². The molecule has 3 heteroatoms. The summed E-state index contributed by atoms with van der Waals surface area (Å²) in [6.45, 7) is 15.2. The van der Waals surface area contributed by atoms with Crippen molar-refractivity contribution < 1.29 is 4.79 Å². The summed E-state index contributed by atoms with van der Waals surface area (Å²) in [4.78, 5) is 11.5. The average molecular weight is 214 g/mol. The Morgan fingerprint density at radius 2 is 1.38 bits per heavy atom. The zero-order valence-electron chi connectivity index (χ0n) is 9.99. The van der Waals surface area contributed by atoms with Gasteiger partial charge in [0.25, 0.3) is 0 Å². The first-order valence-corrected chi connectivity index (χ1v) is 11.9. The van der Waals surface area contributed by atoms with E-state index in [9.17, 15) is 4.79 Å². The summed E-state index contributed by atoms with van der Waals surface area (Å²) in [5.74, 6) is 0.279. The second-order valence-electron chi connectivity index (χ2n) is 5.73. The molecule has 13 heavy (non-hydrogen) atoms. The SMILES string of the molecule is CC(=O)/C(=C\[Si](C)(C)C)[Si](C)(C)C. The van der Waals surface area contributed by atoms with Gasteiger partial charge in [-0.15, -0.1) is 0 Å². The van der Waals surface area contributed by atoms with Crippen molar-refractivity contribution in [1.82, 2.24) is 0 Å². The summed E-state index contributed by atoms with van der Waals surface area (Å²) in [6, 6.07) is 0. The summed E-state index contributed by atoms with van der Waals surface area (Å²) in [7, 11) is -2.65. The summed E-state index contributed by atoms with van der Waals surface area (Å²) < 4.78 is 0. The molecule has 0 aromatic rings. The van der Waals surface area contributed by atoms with E-state index in [4.69, 9.17) is 0 Å². The Hall–Kier alpha value is -0.156. The lowest BCUT2D eigenvalue weighted by Gasteiger charge is -2.22. The molecule has 0 aromatic carbocycles. The predicted octanol–water partition coefficient (Wildman–Crippen LogP) is 3.26. The Kier molecular flexibility index (Phi) is 3.87. The third kappa shape index (κ3) is 5.21. The van der Waals surface area contributed by atoms with Gasteiger partial charge in [-0.2, -0.15) is 0 Å². The third-order valence-corrected chi connectivity index (χ3v) is 5.32. The highest BCUT2D eigenvalue weighted by Gasteiger charge is 2.25. The second kappa shape index (κ2) is 3.92. The van der Waals surface area contributed by atoms with Crippen LogP contribution in [0.1, 0.15) is 6.92 Å². The summed E-state index contributed by atoms with van der Waals surface area (Å²) in [5, 5.41) is 1.13. The van der Waals surface area contributed by atoms with Crippen molar-refractivity contribution in [2.24, 2.45) is 0 Å².